The van der Waals surface area contributed by atoms with Gasteiger partial charge in [-0.3, -0.25) is 4.98 Å². The molecule has 0 amide bonds. The first-order valence-electron chi connectivity index (χ1n) is 6.80. The third kappa shape index (κ3) is 3.31. The Hall–Kier alpha value is -0.660. The highest BCUT2D eigenvalue weighted by molar-refractivity contribution is 7.91. The lowest BCUT2D eigenvalue weighted by atomic mass is 10.0. The van der Waals surface area contributed by atoms with Crippen LogP contribution in [0.25, 0.3) is 0 Å². The van der Waals surface area contributed by atoms with Crippen molar-refractivity contribution in [1.29, 1.82) is 0 Å². The minimum absolute atomic E-state index is 0.213. The Balaban J connectivity index is 1.72. The van der Waals surface area contributed by atoms with Crippen LogP contribution in [0.15, 0.2) is 34.8 Å². The molecule has 3 rings (SSSR count). The molecular weight excluding hydrogens is 363 g/mol. The van der Waals surface area contributed by atoms with Gasteiger partial charge in [-0.2, -0.15) is 4.31 Å². The molecule has 0 aromatic carbocycles. The van der Waals surface area contributed by atoms with Crippen molar-refractivity contribution in [2.45, 2.75) is 17.1 Å². The van der Waals surface area contributed by atoms with Gasteiger partial charge in [0.1, 0.15) is 8.55 Å². The minimum atomic E-state index is -3.50. The molecule has 0 radical (unpaired) electrons. The van der Waals surface area contributed by atoms with Gasteiger partial charge in [-0.15, -0.1) is 11.3 Å². The quantitative estimate of drug-likeness (QED) is 0.816. The summed E-state index contributed by atoms with van der Waals surface area (Å²) in [5, 5.41) is 0.288. The molecule has 0 aliphatic carbocycles. The van der Waals surface area contributed by atoms with Crippen molar-refractivity contribution >= 4 is 44.6 Å². The van der Waals surface area contributed by atoms with Gasteiger partial charge in [0.2, 0.25) is 0 Å². The van der Waals surface area contributed by atoms with E-state index in [2.05, 4.69) is 4.98 Å². The molecule has 1 atom stereocenters. The summed E-state index contributed by atoms with van der Waals surface area (Å²) in [4.78, 5) is 4.10. The largest absolute Gasteiger partial charge is 0.264 e. The number of nitrogens with zero attached hydrogens (tertiary/aromatic N) is 2. The van der Waals surface area contributed by atoms with Gasteiger partial charge in [0.25, 0.3) is 10.0 Å². The van der Waals surface area contributed by atoms with Gasteiger partial charge >= 0.3 is 0 Å². The molecule has 2 aromatic heterocycles. The van der Waals surface area contributed by atoms with Crippen molar-refractivity contribution in [3.63, 3.8) is 0 Å². The smallest absolute Gasteiger partial charge is 0.252 e. The molecule has 1 fully saturated rings. The number of thiophene rings is 1. The Morgan fingerprint density at radius 1 is 1.41 bits per heavy atom. The van der Waals surface area contributed by atoms with Crippen LogP contribution in [0.5, 0.6) is 0 Å². The first kappa shape index (κ1) is 16.2. The van der Waals surface area contributed by atoms with E-state index in [0.717, 1.165) is 29.7 Å². The van der Waals surface area contributed by atoms with E-state index in [1.54, 1.807) is 6.20 Å². The van der Waals surface area contributed by atoms with Crippen molar-refractivity contribution in [3.8, 4) is 0 Å². The molecule has 0 bridgehead atoms. The standard InChI is InChI=1S/C14H14Cl2N2O2S2/c15-12-7-13(21-14(12)16)22(19,20)18-5-3-11(9-18)6-10-2-1-4-17-8-10/h1-2,4,7-8,11H,3,5-6,9H2. The summed E-state index contributed by atoms with van der Waals surface area (Å²) in [5.41, 5.74) is 1.13. The van der Waals surface area contributed by atoms with Crippen LogP contribution in [0.1, 0.15) is 12.0 Å². The molecule has 1 saturated heterocycles. The molecule has 0 saturated carbocycles. The predicted molar refractivity (Wildman–Crippen MR) is 89.1 cm³/mol. The van der Waals surface area contributed by atoms with Crippen LogP contribution in [0.2, 0.25) is 9.36 Å². The van der Waals surface area contributed by atoms with E-state index >= 15 is 0 Å². The monoisotopic (exact) mass is 376 g/mol. The predicted octanol–water partition coefficient (Wildman–Crippen LogP) is 3.70. The Morgan fingerprint density at radius 2 is 2.23 bits per heavy atom. The lowest BCUT2D eigenvalue weighted by Crippen LogP contribution is -2.28. The highest BCUT2D eigenvalue weighted by Gasteiger charge is 2.34. The SMILES string of the molecule is O=S(=O)(c1cc(Cl)c(Cl)s1)N1CCC(Cc2cccnc2)C1. The highest BCUT2D eigenvalue weighted by Crippen LogP contribution is 2.37. The number of hydrogen-bond donors (Lipinski definition) is 0. The third-order valence-electron chi connectivity index (χ3n) is 3.71. The first-order chi connectivity index (χ1) is 10.5. The highest BCUT2D eigenvalue weighted by atomic mass is 35.5. The number of pyridine rings is 1. The fourth-order valence-corrected chi connectivity index (χ4v) is 6.18. The molecule has 1 unspecified atom stereocenters. The fourth-order valence-electron chi connectivity index (χ4n) is 2.62. The summed E-state index contributed by atoms with van der Waals surface area (Å²) in [6.07, 6.45) is 5.25. The summed E-state index contributed by atoms with van der Waals surface area (Å²) >= 11 is 12.7. The second kappa shape index (κ2) is 6.45. The van der Waals surface area contributed by atoms with E-state index in [0.29, 0.717) is 23.3 Å². The Kier molecular flexibility index (Phi) is 4.75. The zero-order chi connectivity index (χ0) is 15.7. The topological polar surface area (TPSA) is 50.3 Å². The van der Waals surface area contributed by atoms with Crippen LogP contribution < -0.4 is 0 Å². The molecule has 0 spiro atoms. The van der Waals surface area contributed by atoms with Gasteiger partial charge in [-0.1, -0.05) is 29.3 Å². The van der Waals surface area contributed by atoms with E-state index in [-0.39, 0.29) is 9.23 Å². The maximum atomic E-state index is 12.6. The number of sulfonamides is 1. The second-order valence-electron chi connectivity index (χ2n) is 5.27. The number of rotatable bonds is 4. The van der Waals surface area contributed by atoms with E-state index in [4.69, 9.17) is 23.2 Å². The second-order valence-corrected chi connectivity index (χ2v) is 9.50. The zero-order valence-corrected chi connectivity index (χ0v) is 14.7. The van der Waals surface area contributed by atoms with Gasteiger partial charge < -0.3 is 0 Å². The molecule has 0 N–H and O–H groups in total. The van der Waals surface area contributed by atoms with Crippen molar-refractivity contribution in [1.82, 2.24) is 9.29 Å². The summed E-state index contributed by atoms with van der Waals surface area (Å²) in [5.74, 6) is 0.310. The lowest BCUT2D eigenvalue weighted by molar-refractivity contribution is 0.457. The average Bonchev–Trinajstić information content (AvgIpc) is 3.09. The Labute approximate surface area is 143 Å². The normalized spacial score (nSPS) is 19.6. The van der Waals surface area contributed by atoms with Crippen LogP contribution in [0.4, 0.5) is 0 Å². The van der Waals surface area contributed by atoms with Crippen molar-refractivity contribution in [2.24, 2.45) is 5.92 Å². The Morgan fingerprint density at radius 3 is 2.86 bits per heavy atom. The van der Waals surface area contributed by atoms with Crippen LogP contribution >= 0.6 is 34.5 Å². The van der Waals surface area contributed by atoms with Gasteiger partial charge in [-0.05, 0) is 36.5 Å². The van der Waals surface area contributed by atoms with Crippen molar-refractivity contribution in [3.05, 3.63) is 45.5 Å². The van der Waals surface area contributed by atoms with Gasteiger partial charge in [-0.25, -0.2) is 8.42 Å². The summed E-state index contributed by atoms with van der Waals surface area (Å²) in [6.45, 7) is 1.05. The summed E-state index contributed by atoms with van der Waals surface area (Å²) in [7, 11) is -3.50. The van der Waals surface area contributed by atoms with Gasteiger partial charge in [0.05, 0.1) is 5.02 Å². The zero-order valence-electron chi connectivity index (χ0n) is 11.6. The average molecular weight is 377 g/mol. The van der Waals surface area contributed by atoms with Gasteiger partial charge in [0.15, 0.2) is 0 Å². The van der Waals surface area contributed by atoms with Crippen LogP contribution in [-0.4, -0.2) is 30.8 Å². The molecule has 22 heavy (non-hydrogen) atoms. The molecule has 2 aromatic rings. The molecular formula is C14H14Cl2N2O2S2. The summed E-state index contributed by atoms with van der Waals surface area (Å²) in [6, 6.07) is 5.34. The van der Waals surface area contributed by atoms with E-state index in [9.17, 15) is 8.42 Å². The van der Waals surface area contributed by atoms with Crippen LogP contribution in [-0.2, 0) is 16.4 Å². The van der Waals surface area contributed by atoms with Crippen LogP contribution in [0.3, 0.4) is 0 Å². The van der Waals surface area contributed by atoms with Crippen molar-refractivity contribution in [2.75, 3.05) is 13.1 Å². The van der Waals surface area contributed by atoms with E-state index in [1.165, 1.54) is 10.4 Å². The van der Waals surface area contributed by atoms with Crippen LogP contribution in [0, 0.1) is 5.92 Å². The van der Waals surface area contributed by atoms with Crippen molar-refractivity contribution < 1.29 is 8.42 Å². The maximum absolute atomic E-state index is 12.6. The summed E-state index contributed by atoms with van der Waals surface area (Å²) < 4.78 is 27.3. The molecule has 4 nitrogen and oxygen atoms in total. The lowest BCUT2D eigenvalue weighted by Gasteiger charge is -2.15. The first-order valence-corrected chi connectivity index (χ1v) is 9.82. The molecule has 8 heteroatoms. The van der Waals surface area contributed by atoms with E-state index < -0.39 is 10.0 Å². The van der Waals surface area contributed by atoms with E-state index in [1.807, 2.05) is 18.3 Å². The third-order valence-corrected chi connectivity index (χ3v) is 7.89. The molecule has 3 heterocycles. The fraction of sp³-hybridized carbons (Fsp3) is 0.357. The minimum Gasteiger partial charge on any atom is -0.264 e. The Bertz CT molecular complexity index is 743. The molecule has 118 valence electrons. The number of hydrogen-bond acceptors (Lipinski definition) is 4. The molecule has 1 aliphatic rings. The van der Waals surface area contributed by atoms with Gasteiger partial charge in [0, 0.05) is 25.5 Å². The number of aromatic nitrogens is 1. The number of halogens is 2. The molecule has 1 aliphatic heterocycles. The maximum Gasteiger partial charge on any atom is 0.252 e.